The molecule has 0 unspecified atom stereocenters. The van der Waals surface area contributed by atoms with E-state index in [9.17, 15) is 4.79 Å². The van der Waals surface area contributed by atoms with Gasteiger partial charge in [0.05, 0.1) is 6.26 Å². The van der Waals surface area contributed by atoms with Gasteiger partial charge < -0.3 is 14.6 Å². The van der Waals surface area contributed by atoms with E-state index in [1.807, 2.05) is 6.07 Å². The van der Waals surface area contributed by atoms with Crippen LogP contribution in [-0.4, -0.2) is 30.4 Å². The molecule has 0 spiro atoms. The SMILES string of the molecule is CCN1CCC(c2csc3ccc(NC(=O)c4ccco4)cc23)CC1. The van der Waals surface area contributed by atoms with Gasteiger partial charge in [0.15, 0.2) is 5.76 Å². The fourth-order valence-electron chi connectivity index (χ4n) is 3.60. The summed E-state index contributed by atoms with van der Waals surface area (Å²) >= 11 is 1.79. The zero-order valence-corrected chi connectivity index (χ0v) is 15.1. The van der Waals surface area contributed by atoms with E-state index >= 15 is 0 Å². The van der Waals surface area contributed by atoms with Gasteiger partial charge >= 0.3 is 0 Å². The van der Waals surface area contributed by atoms with E-state index in [0.717, 1.165) is 12.2 Å². The number of likely N-dealkylation sites (tertiary alicyclic amines) is 1. The minimum atomic E-state index is -0.211. The number of furan rings is 1. The standard InChI is InChI=1S/C20H22N2O2S/c1-2-22-9-7-14(8-10-22)17-13-25-19-6-5-15(12-16(17)19)21-20(23)18-4-3-11-24-18/h3-6,11-14H,2,7-10H2,1H3,(H,21,23). The quantitative estimate of drug-likeness (QED) is 0.721. The lowest BCUT2D eigenvalue weighted by Crippen LogP contribution is -2.32. The number of carbonyl (C=O) groups excluding carboxylic acids is 1. The number of hydrogen-bond acceptors (Lipinski definition) is 4. The number of fused-ring (bicyclic) bond motifs is 1. The Balaban J connectivity index is 1.56. The minimum Gasteiger partial charge on any atom is -0.459 e. The molecule has 1 saturated heterocycles. The lowest BCUT2D eigenvalue weighted by molar-refractivity contribution is 0.0996. The topological polar surface area (TPSA) is 45.5 Å². The van der Waals surface area contributed by atoms with E-state index in [0.29, 0.717) is 11.7 Å². The Morgan fingerprint density at radius 1 is 1.32 bits per heavy atom. The predicted octanol–water partition coefficient (Wildman–Crippen LogP) is 4.95. The van der Waals surface area contributed by atoms with Gasteiger partial charge in [0.25, 0.3) is 5.91 Å². The first-order valence-electron chi connectivity index (χ1n) is 8.83. The van der Waals surface area contributed by atoms with Crippen molar-refractivity contribution in [3.8, 4) is 0 Å². The lowest BCUT2D eigenvalue weighted by atomic mass is 9.89. The molecule has 1 amide bonds. The second kappa shape index (κ2) is 7.02. The van der Waals surface area contributed by atoms with E-state index in [4.69, 9.17) is 4.42 Å². The van der Waals surface area contributed by atoms with Crippen LogP contribution >= 0.6 is 11.3 Å². The summed E-state index contributed by atoms with van der Waals surface area (Å²) in [5, 5.41) is 6.51. The molecular formula is C20H22N2O2S. The lowest BCUT2D eigenvalue weighted by Gasteiger charge is -2.31. The molecular weight excluding hydrogens is 332 g/mol. The monoisotopic (exact) mass is 354 g/mol. The molecule has 0 saturated carbocycles. The summed E-state index contributed by atoms with van der Waals surface area (Å²) in [6.45, 7) is 5.72. The van der Waals surface area contributed by atoms with E-state index < -0.39 is 0 Å². The van der Waals surface area contributed by atoms with Gasteiger partial charge in [0.2, 0.25) is 0 Å². The second-order valence-corrected chi connectivity index (χ2v) is 7.45. The first-order valence-corrected chi connectivity index (χ1v) is 9.71. The largest absolute Gasteiger partial charge is 0.459 e. The Morgan fingerprint density at radius 2 is 2.16 bits per heavy atom. The second-order valence-electron chi connectivity index (χ2n) is 6.54. The van der Waals surface area contributed by atoms with Gasteiger partial charge in [-0.3, -0.25) is 4.79 Å². The smallest absolute Gasteiger partial charge is 0.291 e. The number of hydrogen-bond donors (Lipinski definition) is 1. The summed E-state index contributed by atoms with van der Waals surface area (Å²) in [7, 11) is 0. The average molecular weight is 354 g/mol. The first kappa shape index (κ1) is 16.4. The van der Waals surface area contributed by atoms with Gasteiger partial charge in [0, 0.05) is 10.4 Å². The fourth-order valence-corrected chi connectivity index (χ4v) is 4.63. The Labute approximate surface area is 151 Å². The molecule has 0 aliphatic carbocycles. The summed E-state index contributed by atoms with van der Waals surface area (Å²) < 4.78 is 6.45. The molecule has 1 aliphatic rings. The molecule has 1 aromatic carbocycles. The third-order valence-corrected chi connectivity index (χ3v) is 6.06. The fraction of sp³-hybridized carbons (Fsp3) is 0.350. The number of rotatable bonds is 4. The van der Waals surface area contributed by atoms with E-state index in [1.165, 1.54) is 47.8 Å². The summed E-state index contributed by atoms with van der Waals surface area (Å²) in [5.74, 6) is 0.738. The predicted molar refractivity (Wildman–Crippen MR) is 103 cm³/mol. The first-order chi connectivity index (χ1) is 12.2. The molecule has 3 heterocycles. The zero-order valence-electron chi connectivity index (χ0n) is 14.3. The molecule has 1 aliphatic heterocycles. The van der Waals surface area contributed by atoms with Gasteiger partial charge in [-0.05, 0) is 85.1 Å². The van der Waals surface area contributed by atoms with Gasteiger partial charge in [-0.15, -0.1) is 11.3 Å². The van der Waals surface area contributed by atoms with E-state index in [2.05, 4.69) is 34.7 Å². The third-order valence-electron chi connectivity index (χ3n) is 5.08. The number of benzene rings is 1. The molecule has 0 radical (unpaired) electrons. The molecule has 3 aromatic rings. The number of thiophene rings is 1. The van der Waals surface area contributed by atoms with Crippen molar-refractivity contribution >= 4 is 33.0 Å². The highest BCUT2D eigenvalue weighted by Crippen LogP contribution is 2.37. The van der Waals surface area contributed by atoms with Crippen molar-refractivity contribution in [2.75, 3.05) is 25.0 Å². The molecule has 25 heavy (non-hydrogen) atoms. The summed E-state index contributed by atoms with van der Waals surface area (Å²) in [6, 6.07) is 9.56. The normalized spacial score (nSPS) is 16.4. The zero-order chi connectivity index (χ0) is 17.2. The Morgan fingerprint density at radius 3 is 2.88 bits per heavy atom. The average Bonchev–Trinajstić information content (AvgIpc) is 3.31. The highest BCUT2D eigenvalue weighted by molar-refractivity contribution is 7.17. The number of piperidine rings is 1. The minimum absolute atomic E-state index is 0.211. The van der Waals surface area contributed by atoms with Crippen LogP contribution in [0.1, 0.15) is 41.8 Å². The van der Waals surface area contributed by atoms with Crippen LogP contribution in [-0.2, 0) is 0 Å². The molecule has 0 atom stereocenters. The van der Waals surface area contributed by atoms with Gasteiger partial charge in [-0.2, -0.15) is 0 Å². The van der Waals surface area contributed by atoms with Crippen LogP contribution in [0.4, 0.5) is 5.69 Å². The Hall–Kier alpha value is -2.11. The van der Waals surface area contributed by atoms with Crippen LogP contribution in [0.2, 0.25) is 0 Å². The maximum absolute atomic E-state index is 12.2. The van der Waals surface area contributed by atoms with E-state index in [1.54, 1.807) is 23.5 Å². The number of carbonyl (C=O) groups is 1. The number of nitrogens with one attached hydrogen (secondary N) is 1. The molecule has 2 aromatic heterocycles. The summed E-state index contributed by atoms with van der Waals surface area (Å²) in [5.41, 5.74) is 2.25. The molecule has 0 bridgehead atoms. The maximum atomic E-state index is 12.2. The van der Waals surface area contributed by atoms with Crippen LogP contribution in [0.25, 0.3) is 10.1 Å². The van der Waals surface area contributed by atoms with Crippen LogP contribution in [0.5, 0.6) is 0 Å². The molecule has 4 rings (SSSR count). The van der Waals surface area contributed by atoms with Crippen molar-refractivity contribution in [3.63, 3.8) is 0 Å². The van der Waals surface area contributed by atoms with Gasteiger partial charge in [-0.1, -0.05) is 6.92 Å². The molecule has 130 valence electrons. The van der Waals surface area contributed by atoms with Gasteiger partial charge in [0.1, 0.15) is 0 Å². The Bertz CT molecular complexity index is 861. The van der Waals surface area contributed by atoms with Crippen molar-refractivity contribution in [2.24, 2.45) is 0 Å². The molecule has 5 heteroatoms. The van der Waals surface area contributed by atoms with Crippen molar-refractivity contribution in [1.29, 1.82) is 0 Å². The number of amides is 1. The third kappa shape index (κ3) is 3.34. The van der Waals surface area contributed by atoms with Crippen molar-refractivity contribution < 1.29 is 9.21 Å². The van der Waals surface area contributed by atoms with Crippen LogP contribution < -0.4 is 5.32 Å². The van der Waals surface area contributed by atoms with Crippen molar-refractivity contribution in [2.45, 2.75) is 25.7 Å². The maximum Gasteiger partial charge on any atom is 0.291 e. The number of nitrogens with zero attached hydrogens (tertiary/aromatic N) is 1. The Kier molecular flexibility index (Phi) is 4.59. The summed E-state index contributed by atoms with van der Waals surface area (Å²) in [6.07, 6.45) is 3.93. The van der Waals surface area contributed by atoms with Crippen molar-refractivity contribution in [1.82, 2.24) is 4.90 Å². The van der Waals surface area contributed by atoms with Crippen LogP contribution in [0, 0.1) is 0 Å². The molecule has 1 N–H and O–H groups in total. The molecule has 4 nitrogen and oxygen atoms in total. The number of anilines is 1. The summed E-state index contributed by atoms with van der Waals surface area (Å²) in [4.78, 5) is 14.7. The van der Waals surface area contributed by atoms with Crippen LogP contribution in [0.3, 0.4) is 0 Å². The molecule has 1 fully saturated rings. The van der Waals surface area contributed by atoms with Crippen molar-refractivity contribution in [3.05, 3.63) is 53.3 Å². The highest BCUT2D eigenvalue weighted by Gasteiger charge is 2.22. The van der Waals surface area contributed by atoms with E-state index in [-0.39, 0.29) is 5.91 Å². The van der Waals surface area contributed by atoms with Gasteiger partial charge in [-0.25, -0.2) is 0 Å². The van der Waals surface area contributed by atoms with Crippen LogP contribution in [0.15, 0.2) is 46.4 Å². The highest BCUT2D eigenvalue weighted by atomic mass is 32.1.